The summed E-state index contributed by atoms with van der Waals surface area (Å²) >= 11 is 0. The van der Waals surface area contributed by atoms with Gasteiger partial charge in [0.2, 0.25) is 0 Å². The van der Waals surface area contributed by atoms with Gasteiger partial charge in [0.25, 0.3) is 5.91 Å². The number of para-hydroxylation sites is 1. The number of imidazole rings is 1. The van der Waals surface area contributed by atoms with E-state index >= 15 is 0 Å². The number of pyridine rings is 2. The number of aryl methyl sites for hydroxylation is 1. The minimum atomic E-state index is -0.236. The molecule has 3 aromatic heterocycles. The minimum Gasteiger partial charge on any atom is -0.486 e. The van der Waals surface area contributed by atoms with Crippen molar-refractivity contribution in [2.75, 3.05) is 5.32 Å². The Morgan fingerprint density at radius 3 is 2.81 bits per heavy atom. The van der Waals surface area contributed by atoms with E-state index in [1.165, 1.54) is 0 Å². The highest BCUT2D eigenvalue weighted by molar-refractivity contribution is 6.10. The van der Waals surface area contributed by atoms with Crippen LogP contribution in [0.25, 0.3) is 16.6 Å². The Morgan fingerprint density at radius 2 is 1.90 bits per heavy atom. The number of hydrogen-bond acceptors (Lipinski definition) is 4. The van der Waals surface area contributed by atoms with Crippen LogP contribution < -0.4 is 10.1 Å². The van der Waals surface area contributed by atoms with Crippen LogP contribution in [0.4, 0.5) is 5.69 Å². The number of rotatable bonds is 5. The molecule has 0 atom stereocenters. The summed E-state index contributed by atoms with van der Waals surface area (Å²) in [5.74, 6) is 0.270. The van der Waals surface area contributed by atoms with Crippen molar-refractivity contribution in [1.29, 1.82) is 0 Å². The van der Waals surface area contributed by atoms with Gasteiger partial charge in [-0.15, -0.1) is 0 Å². The zero-order valence-corrected chi connectivity index (χ0v) is 16.9. The fourth-order valence-corrected chi connectivity index (χ4v) is 3.60. The summed E-state index contributed by atoms with van der Waals surface area (Å²) in [5, 5.41) is 3.91. The van der Waals surface area contributed by atoms with Crippen molar-refractivity contribution in [2.24, 2.45) is 0 Å². The average molecular weight is 408 g/mol. The Balaban J connectivity index is 1.39. The molecule has 0 saturated heterocycles. The molecule has 6 heteroatoms. The Morgan fingerprint density at radius 1 is 1.03 bits per heavy atom. The van der Waals surface area contributed by atoms with E-state index in [1.54, 1.807) is 18.3 Å². The fourth-order valence-electron chi connectivity index (χ4n) is 3.60. The first-order valence-electron chi connectivity index (χ1n) is 9.99. The van der Waals surface area contributed by atoms with Crippen LogP contribution in [0.2, 0.25) is 0 Å². The molecule has 5 aromatic rings. The summed E-state index contributed by atoms with van der Waals surface area (Å²) in [5.41, 5.74) is 4.75. The van der Waals surface area contributed by atoms with Crippen molar-refractivity contribution in [3.63, 3.8) is 0 Å². The zero-order chi connectivity index (χ0) is 21.2. The maximum atomic E-state index is 13.1. The summed E-state index contributed by atoms with van der Waals surface area (Å²) in [6, 6.07) is 20.7. The van der Waals surface area contributed by atoms with Crippen LogP contribution in [0.5, 0.6) is 5.75 Å². The van der Waals surface area contributed by atoms with E-state index in [4.69, 9.17) is 4.74 Å². The third kappa shape index (κ3) is 3.71. The number of carbonyl (C=O) groups is 1. The summed E-state index contributed by atoms with van der Waals surface area (Å²) in [6.07, 6.45) is 5.61. The van der Waals surface area contributed by atoms with Gasteiger partial charge in [0.1, 0.15) is 18.0 Å². The van der Waals surface area contributed by atoms with Gasteiger partial charge in [-0.25, -0.2) is 4.98 Å². The van der Waals surface area contributed by atoms with Crippen LogP contribution in [-0.2, 0) is 6.61 Å². The van der Waals surface area contributed by atoms with Gasteiger partial charge in [-0.1, -0.05) is 24.3 Å². The van der Waals surface area contributed by atoms with Crippen LogP contribution in [0, 0.1) is 6.92 Å². The second kappa shape index (κ2) is 7.91. The Hall–Kier alpha value is -4.19. The standard InChI is InChI=1S/C25H20N4O2/c1-17-11-12-21(19-8-6-13-26-24(17)19)28-25(30)20-7-2-3-9-22(20)31-16-18-15-29-14-5-4-10-23(29)27-18/h2-15H,16H2,1H3,(H,28,30). The summed E-state index contributed by atoms with van der Waals surface area (Å²) in [6.45, 7) is 2.27. The van der Waals surface area contributed by atoms with Gasteiger partial charge >= 0.3 is 0 Å². The smallest absolute Gasteiger partial charge is 0.259 e. The minimum absolute atomic E-state index is 0.236. The van der Waals surface area contributed by atoms with Crippen LogP contribution in [0.3, 0.4) is 0 Å². The SMILES string of the molecule is Cc1ccc(NC(=O)c2ccccc2OCc2cn3ccccc3n2)c2cccnc12. The van der Waals surface area contributed by atoms with Crippen LogP contribution in [0.1, 0.15) is 21.6 Å². The topological polar surface area (TPSA) is 68.5 Å². The van der Waals surface area contributed by atoms with Gasteiger partial charge in [-0.2, -0.15) is 0 Å². The molecular formula is C25H20N4O2. The number of nitrogens with zero attached hydrogens (tertiary/aromatic N) is 3. The molecule has 6 nitrogen and oxygen atoms in total. The lowest BCUT2D eigenvalue weighted by Gasteiger charge is -2.13. The molecule has 1 N–H and O–H groups in total. The summed E-state index contributed by atoms with van der Waals surface area (Å²) < 4.78 is 7.91. The molecule has 31 heavy (non-hydrogen) atoms. The molecule has 1 amide bonds. The molecular weight excluding hydrogens is 388 g/mol. The lowest BCUT2D eigenvalue weighted by atomic mass is 10.1. The van der Waals surface area contributed by atoms with E-state index < -0.39 is 0 Å². The van der Waals surface area contributed by atoms with Crippen molar-refractivity contribution in [3.8, 4) is 5.75 Å². The predicted molar refractivity (Wildman–Crippen MR) is 120 cm³/mol. The van der Waals surface area contributed by atoms with E-state index in [0.717, 1.165) is 27.8 Å². The number of nitrogens with one attached hydrogen (secondary N) is 1. The molecule has 0 aliphatic rings. The third-order valence-electron chi connectivity index (χ3n) is 5.14. The second-order valence-electron chi connectivity index (χ2n) is 7.27. The van der Waals surface area contributed by atoms with Crippen molar-refractivity contribution in [3.05, 3.63) is 102 Å². The average Bonchev–Trinajstić information content (AvgIpc) is 3.23. The molecule has 0 unspecified atom stereocenters. The summed E-state index contributed by atoms with van der Waals surface area (Å²) in [7, 11) is 0. The molecule has 0 aliphatic carbocycles. The van der Waals surface area contributed by atoms with Gasteiger partial charge in [0.05, 0.1) is 22.5 Å². The Bertz CT molecular complexity index is 1370. The fraction of sp³-hybridized carbons (Fsp3) is 0.0800. The Kier molecular flexibility index (Phi) is 4.80. The van der Waals surface area contributed by atoms with Gasteiger partial charge in [0, 0.05) is 24.0 Å². The molecule has 3 heterocycles. The number of carbonyl (C=O) groups excluding carboxylic acids is 1. The molecule has 0 spiro atoms. The van der Waals surface area contributed by atoms with E-state index in [2.05, 4.69) is 15.3 Å². The van der Waals surface area contributed by atoms with E-state index in [0.29, 0.717) is 17.0 Å². The van der Waals surface area contributed by atoms with E-state index in [1.807, 2.05) is 78.3 Å². The number of amides is 1. The van der Waals surface area contributed by atoms with Gasteiger partial charge in [-0.05, 0) is 55.0 Å². The Labute approximate surface area is 179 Å². The van der Waals surface area contributed by atoms with Gasteiger partial charge in [-0.3, -0.25) is 9.78 Å². The van der Waals surface area contributed by atoms with Crippen molar-refractivity contribution >= 4 is 28.1 Å². The number of hydrogen-bond donors (Lipinski definition) is 1. The molecule has 0 saturated carbocycles. The molecule has 0 aliphatic heterocycles. The maximum absolute atomic E-state index is 13.1. The molecule has 5 rings (SSSR count). The van der Waals surface area contributed by atoms with Crippen LogP contribution in [-0.4, -0.2) is 20.3 Å². The third-order valence-corrected chi connectivity index (χ3v) is 5.14. The quantitative estimate of drug-likeness (QED) is 0.443. The van der Waals surface area contributed by atoms with Crippen LogP contribution in [0.15, 0.2) is 85.3 Å². The molecule has 0 bridgehead atoms. The molecule has 0 fully saturated rings. The van der Waals surface area contributed by atoms with E-state index in [-0.39, 0.29) is 12.5 Å². The number of ether oxygens (including phenoxy) is 1. The lowest BCUT2D eigenvalue weighted by molar-refractivity contribution is 0.102. The zero-order valence-electron chi connectivity index (χ0n) is 16.9. The number of anilines is 1. The van der Waals surface area contributed by atoms with Crippen molar-refractivity contribution in [2.45, 2.75) is 13.5 Å². The predicted octanol–water partition coefficient (Wildman–Crippen LogP) is 5.02. The monoisotopic (exact) mass is 408 g/mol. The lowest BCUT2D eigenvalue weighted by Crippen LogP contribution is -2.14. The number of fused-ring (bicyclic) bond motifs is 2. The highest BCUT2D eigenvalue weighted by atomic mass is 16.5. The first kappa shape index (κ1) is 18.8. The number of benzene rings is 2. The highest BCUT2D eigenvalue weighted by Gasteiger charge is 2.15. The van der Waals surface area contributed by atoms with Gasteiger partial charge < -0.3 is 14.5 Å². The van der Waals surface area contributed by atoms with Crippen molar-refractivity contribution < 1.29 is 9.53 Å². The molecule has 0 radical (unpaired) electrons. The first-order valence-corrected chi connectivity index (χ1v) is 9.99. The maximum Gasteiger partial charge on any atom is 0.259 e. The number of aromatic nitrogens is 3. The van der Waals surface area contributed by atoms with Crippen molar-refractivity contribution in [1.82, 2.24) is 14.4 Å². The second-order valence-corrected chi connectivity index (χ2v) is 7.27. The molecule has 2 aromatic carbocycles. The van der Waals surface area contributed by atoms with E-state index in [9.17, 15) is 4.79 Å². The first-order chi connectivity index (χ1) is 15.2. The largest absolute Gasteiger partial charge is 0.486 e. The van der Waals surface area contributed by atoms with Crippen LogP contribution >= 0.6 is 0 Å². The summed E-state index contributed by atoms with van der Waals surface area (Å²) in [4.78, 5) is 22.1. The normalized spacial score (nSPS) is 11.0. The van der Waals surface area contributed by atoms with Gasteiger partial charge in [0.15, 0.2) is 0 Å². The molecule has 152 valence electrons. The highest BCUT2D eigenvalue weighted by Crippen LogP contribution is 2.27.